The first-order valence-corrected chi connectivity index (χ1v) is 9.05. The van der Waals surface area contributed by atoms with Crippen molar-refractivity contribution >= 4 is 38.7 Å². The third kappa shape index (κ3) is 4.67. The molecule has 0 fully saturated rings. The summed E-state index contributed by atoms with van der Waals surface area (Å²) >= 11 is 1.48. The Labute approximate surface area is 151 Å². The van der Waals surface area contributed by atoms with E-state index in [0.717, 1.165) is 28.0 Å². The zero-order valence-corrected chi connectivity index (χ0v) is 15.1. The minimum absolute atomic E-state index is 0.193. The van der Waals surface area contributed by atoms with Gasteiger partial charge in [0.25, 0.3) is 0 Å². The van der Waals surface area contributed by atoms with E-state index in [1.807, 2.05) is 43.3 Å². The Hall–Kier alpha value is -2.66. The van der Waals surface area contributed by atoms with Crippen molar-refractivity contribution in [3.05, 3.63) is 59.7 Å². The summed E-state index contributed by atoms with van der Waals surface area (Å²) in [6, 6.07) is 13.7. The van der Waals surface area contributed by atoms with E-state index in [9.17, 15) is 4.79 Å². The maximum absolute atomic E-state index is 12.1. The Morgan fingerprint density at radius 1 is 1.24 bits per heavy atom. The van der Waals surface area contributed by atoms with Crippen LogP contribution in [0.4, 0.5) is 5.13 Å². The maximum Gasteiger partial charge on any atom is 0.250 e. The molecule has 0 aliphatic carbocycles. The monoisotopic (exact) mass is 352 g/mol. The van der Waals surface area contributed by atoms with E-state index in [1.165, 1.54) is 23.0 Å². The van der Waals surface area contributed by atoms with Gasteiger partial charge in [0.1, 0.15) is 5.75 Å². The molecule has 4 nitrogen and oxygen atoms in total. The lowest BCUT2D eigenvalue weighted by molar-refractivity contribution is -0.111. The van der Waals surface area contributed by atoms with Gasteiger partial charge in [-0.1, -0.05) is 36.5 Å². The minimum atomic E-state index is -0.193. The summed E-state index contributed by atoms with van der Waals surface area (Å²) in [6.07, 6.45) is 4.27. The molecule has 0 spiro atoms. The number of thiazole rings is 1. The van der Waals surface area contributed by atoms with Gasteiger partial charge in [0.05, 0.1) is 16.8 Å². The first kappa shape index (κ1) is 17.2. The molecule has 0 atom stereocenters. The highest BCUT2D eigenvalue weighted by molar-refractivity contribution is 7.22. The number of anilines is 1. The van der Waals surface area contributed by atoms with Crippen molar-refractivity contribution in [2.24, 2.45) is 0 Å². The average molecular weight is 352 g/mol. The van der Waals surface area contributed by atoms with Crippen molar-refractivity contribution in [3.63, 3.8) is 0 Å². The number of nitrogens with zero attached hydrogens (tertiary/aromatic N) is 1. The van der Waals surface area contributed by atoms with Crippen LogP contribution in [0.5, 0.6) is 5.75 Å². The highest BCUT2D eigenvalue weighted by atomic mass is 32.1. The van der Waals surface area contributed by atoms with Gasteiger partial charge in [-0.05, 0) is 54.8 Å². The molecule has 0 saturated carbocycles. The van der Waals surface area contributed by atoms with Gasteiger partial charge >= 0.3 is 0 Å². The number of aryl methyl sites for hydroxylation is 1. The second-order valence-electron chi connectivity index (χ2n) is 5.73. The molecule has 0 bridgehead atoms. The minimum Gasteiger partial charge on any atom is -0.494 e. The van der Waals surface area contributed by atoms with E-state index in [-0.39, 0.29) is 5.91 Å². The van der Waals surface area contributed by atoms with Gasteiger partial charge in [-0.2, -0.15) is 0 Å². The highest BCUT2D eigenvalue weighted by Gasteiger charge is 2.06. The molecule has 3 aromatic rings. The number of aromatic nitrogens is 1. The fourth-order valence-corrected chi connectivity index (χ4v) is 3.27. The molecule has 1 amide bonds. The second-order valence-corrected chi connectivity index (χ2v) is 6.76. The molecule has 128 valence electrons. The molecule has 0 aliphatic rings. The predicted octanol–water partition coefficient (Wildman–Crippen LogP) is 5.05. The number of hydrogen-bond donors (Lipinski definition) is 1. The van der Waals surface area contributed by atoms with Crippen LogP contribution in [0.25, 0.3) is 16.3 Å². The highest BCUT2D eigenvalue weighted by Crippen LogP contribution is 2.26. The van der Waals surface area contributed by atoms with E-state index in [4.69, 9.17) is 4.74 Å². The summed E-state index contributed by atoms with van der Waals surface area (Å²) in [5, 5.41) is 3.43. The molecule has 0 radical (unpaired) electrons. The summed E-state index contributed by atoms with van der Waals surface area (Å²) in [6.45, 7) is 4.82. The molecule has 1 N–H and O–H groups in total. The molecule has 3 rings (SSSR count). The Morgan fingerprint density at radius 2 is 2.04 bits per heavy atom. The van der Waals surface area contributed by atoms with Crippen LogP contribution in [0.3, 0.4) is 0 Å². The Balaban J connectivity index is 1.61. The van der Waals surface area contributed by atoms with E-state index >= 15 is 0 Å². The second kappa shape index (κ2) is 7.94. The molecule has 0 aliphatic heterocycles. The van der Waals surface area contributed by atoms with Crippen molar-refractivity contribution < 1.29 is 9.53 Å². The summed E-state index contributed by atoms with van der Waals surface area (Å²) in [5.41, 5.74) is 3.02. The molecule has 0 unspecified atom stereocenters. The molecule has 1 aromatic heterocycles. The summed E-state index contributed by atoms with van der Waals surface area (Å²) in [4.78, 5) is 16.5. The average Bonchev–Trinajstić information content (AvgIpc) is 3.00. The third-order valence-corrected chi connectivity index (χ3v) is 4.49. The van der Waals surface area contributed by atoms with Crippen molar-refractivity contribution in [2.45, 2.75) is 20.3 Å². The van der Waals surface area contributed by atoms with Gasteiger partial charge in [-0.25, -0.2) is 4.98 Å². The number of carbonyl (C=O) groups excluding carboxylic acids is 1. The summed E-state index contributed by atoms with van der Waals surface area (Å²) < 4.78 is 6.61. The lowest BCUT2D eigenvalue weighted by Gasteiger charge is -2.03. The van der Waals surface area contributed by atoms with E-state index < -0.39 is 0 Å². The van der Waals surface area contributed by atoms with Gasteiger partial charge in [0, 0.05) is 6.08 Å². The fourth-order valence-electron chi connectivity index (χ4n) is 2.30. The zero-order valence-electron chi connectivity index (χ0n) is 14.3. The number of benzene rings is 2. The molecular formula is C20H20N2O2S. The third-order valence-electron chi connectivity index (χ3n) is 3.55. The van der Waals surface area contributed by atoms with E-state index in [1.54, 1.807) is 6.08 Å². The van der Waals surface area contributed by atoms with Gasteiger partial charge < -0.3 is 4.74 Å². The van der Waals surface area contributed by atoms with Gasteiger partial charge in [-0.3, -0.25) is 10.1 Å². The quantitative estimate of drug-likeness (QED) is 0.632. The SMILES string of the molecule is CCCOc1ccc(/C=C/C(=O)Nc2nc3ccc(C)cc3s2)cc1. The smallest absolute Gasteiger partial charge is 0.250 e. The Kier molecular flexibility index (Phi) is 5.46. The number of ether oxygens (including phenoxy) is 1. The van der Waals surface area contributed by atoms with Crippen molar-refractivity contribution in [3.8, 4) is 5.75 Å². The van der Waals surface area contributed by atoms with Crippen LogP contribution >= 0.6 is 11.3 Å². The summed E-state index contributed by atoms with van der Waals surface area (Å²) in [5.74, 6) is 0.648. The summed E-state index contributed by atoms with van der Waals surface area (Å²) in [7, 11) is 0. The van der Waals surface area contributed by atoms with Gasteiger partial charge in [0.15, 0.2) is 5.13 Å². The topological polar surface area (TPSA) is 51.2 Å². The van der Waals surface area contributed by atoms with Crippen LogP contribution in [0.2, 0.25) is 0 Å². The van der Waals surface area contributed by atoms with Crippen molar-refractivity contribution in [1.82, 2.24) is 4.98 Å². The van der Waals surface area contributed by atoms with Crippen LogP contribution in [-0.2, 0) is 4.79 Å². The van der Waals surface area contributed by atoms with Gasteiger partial charge in [0.2, 0.25) is 5.91 Å². The number of fused-ring (bicyclic) bond motifs is 1. The molecule has 0 saturated heterocycles. The standard InChI is InChI=1S/C20H20N2O2S/c1-3-12-24-16-8-5-15(6-9-16)7-11-19(23)22-20-21-17-10-4-14(2)13-18(17)25-20/h4-11,13H,3,12H2,1-2H3,(H,21,22,23)/b11-7+. The van der Waals surface area contributed by atoms with Crippen LogP contribution in [0, 0.1) is 6.92 Å². The molecule has 1 heterocycles. The van der Waals surface area contributed by atoms with Crippen LogP contribution in [0.15, 0.2) is 48.5 Å². The first-order valence-electron chi connectivity index (χ1n) is 8.23. The van der Waals surface area contributed by atoms with Crippen molar-refractivity contribution in [2.75, 3.05) is 11.9 Å². The van der Waals surface area contributed by atoms with Crippen LogP contribution in [0.1, 0.15) is 24.5 Å². The van der Waals surface area contributed by atoms with E-state index in [2.05, 4.69) is 23.3 Å². The number of amides is 1. The lowest BCUT2D eigenvalue weighted by atomic mass is 10.2. The number of carbonyl (C=O) groups is 1. The normalized spacial score (nSPS) is 11.1. The predicted molar refractivity (Wildman–Crippen MR) is 104 cm³/mol. The molecule has 25 heavy (non-hydrogen) atoms. The number of nitrogens with one attached hydrogen (secondary N) is 1. The van der Waals surface area contributed by atoms with Crippen LogP contribution in [-0.4, -0.2) is 17.5 Å². The zero-order chi connectivity index (χ0) is 17.6. The van der Waals surface area contributed by atoms with Crippen molar-refractivity contribution in [1.29, 1.82) is 0 Å². The molecule has 2 aromatic carbocycles. The lowest BCUT2D eigenvalue weighted by Crippen LogP contribution is -2.07. The van der Waals surface area contributed by atoms with Gasteiger partial charge in [-0.15, -0.1) is 0 Å². The fraction of sp³-hybridized carbons (Fsp3) is 0.200. The van der Waals surface area contributed by atoms with E-state index in [0.29, 0.717) is 11.7 Å². The molecular weight excluding hydrogens is 332 g/mol. The first-order chi connectivity index (χ1) is 12.1. The molecule has 5 heteroatoms. The Morgan fingerprint density at radius 3 is 2.80 bits per heavy atom. The largest absolute Gasteiger partial charge is 0.494 e. The Bertz CT molecular complexity index is 898. The van der Waals surface area contributed by atoms with Crippen LogP contribution < -0.4 is 10.1 Å². The number of hydrogen-bond acceptors (Lipinski definition) is 4. The number of rotatable bonds is 6. The maximum atomic E-state index is 12.1.